The summed E-state index contributed by atoms with van der Waals surface area (Å²) in [4.78, 5) is 70.2. The highest BCUT2D eigenvalue weighted by Gasteiger charge is 2.31. The van der Waals surface area contributed by atoms with Crippen molar-refractivity contribution in [3.05, 3.63) is 110 Å². The van der Waals surface area contributed by atoms with Gasteiger partial charge in [0.15, 0.2) is 0 Å². The number of anilines is 5. The van der Waals surface area contributed by atoms with Crippen LogP contribution in [0.15, 0.2) is 77.4 Å². The number of aromatic nitrogens is 8. The number of alkyl halides is 3. The van der Waals surface area contributed by atoms with Gasteiger partial charge in [0.05, 0.1) is 102 Å². The Kier molecular flexibility index (Phi) is 18.4. The number of esters is 2. The van der Waals surface area contributed by atoms with E-state index in [1.165, 1.54) is 36.9 Å². The first kappa shape index (κ1) is 53.6. The van der Waals surface area contributed by atoms with Crippen LogP contribution in [-0.4, -0.2) is 136 Å². The molecule has 3 saturated heterocycles. The van der Waals surface area contributed by atoms with Crippen molar-refractivity contribution < 1.29 is 41.8 Å². The molecule has 6 aromatic heterocycles. The third-order valence-electron chi connectivity index (χ3n) is 12.2. The minimum absolute atomic E-state index is 0.0828. The minimum Gasteiger partial charge on any atom is -0.469 e. The highest BCUT2D eigenvalue weighted by Crippen LogP contribution is 2.43. The van der Waals surface area contributed by atoms with E-state index in [0.29, 0.717) is 83.9 Å². The van der Waals surface area contributed by atoms with Crippen LogP contribution in [0.4, 0.5) is 40.9 Å². The number of nitrogens with one attached hydrogen (secondary N) is 2. The maximum atomic E-state index is 13.2. The molecule has 4 fully saturated rings. The lowest BCUT2D eigenvalue weighted by Gasteiger charge is -2.35. The smallest absolute Gasteiger partial charge is 0.311 e. The van der Waals surface area contributed by atoms with E-state index in [1.807, 2.05) is 57.2 Å². The molecule has 10 rings (SSSR count). The zero-order valence-corrected chi connectivity index (χ0v) is 43.6. The maximum absolute atomic E-state index is 13.2. The summed E-state index contributed by atoms with van der Waals surface area (Å²) in [6.07, 6.45) is 1.86. The molecule has 2 N–H and O–H groups in total. The number of pyridine rings is 4. The summed E-state index contributed by atoms with van der Waals surface area (Å²) in [6.45, 7) is 2.07. The van der Waals surface area contributed by atoms with E-state index >= 15 is 0 Å². The fourth-order valence-corrected chi connectivity index (χ4v) is 10.4. The molecule has 2 atom stereocenters. The maximum Gasteiger partial charge on any atom is 0.311 e. The normalized spacial score (nSPS) is 17.5. The quantitative estimate of drug-likeness (QED) is 0.0795. The first-order valence-corrected chi connectivity index (χ1v) is 26.2. The SMILES string of the molecule is COC(=O)Cc1cccc(Br)n1.COC(=O)Cc1cccc(N2CC(F)C2)n1.O=C(Cc1cccc(N2CC(F)C2)n1)Nc1nnc([C@H]2CCC[C@H](c3nnc(NC(=O)Cc4cccc(N5CC(F)C5)n4)s3)C2)s1. The molecule has 0 unspecified atom stereocenters. The van der Waals surface area contributed by atoms with Crippen LogP contribution in [0, 0.1) is 0 Å². The van der Waals surface area contributed by atoms with Crippen LogP contribution in [0.2, 0.25) is 0 Å². The van der Waals surface area contributed by atoms with Crippen molar-refractivity contribution in [2.75, 3.05) is 78.8 Å². The Morgan fingerprint density at radius 3 is 1.28 bits per heavy atom. The topological polar surface area (TPSA) is 224 Å². The number of hydrogen-bond acceptors (Lipinski definition) is 19. The molecule has 1 aliphatic carbocycles. The summed E-state index contributed by atoms with van der Waals surface area (Å²) in [7, 11) is 2.70. The Bertz CT molecular complexity index is 2760. The first-order chi connectivity index (χ1) is 35.7. The lowest BCUT2D eigenvalue weighted by Crippen LogP contribution is -2.48. The largest absolute Gasteiger partial charge is 0.469 e. The van der Waals surface area contributed by atoms with E-state index in [1.54, 1.807) is 30.3 Å². The van der Waals surface area contributed by atoms with Crippen molar-refractivity contribution in [1.82, 2.24) is 40.3 Å². The summed E-state index contributed by atoms with van der Waals surface area (Å²) >= 11 is 5.97. The van der Waals surface area contributed by atoms with Gasteiger partial charge in [0.2, 0.25) is 22.1 Å². The number of halogens is 4. The van der Waals surface area contributed by atoms with E-state index < -0.39 is 18.5 Å². The third-order valence-corrected chi connectivity index (χ3v) is 14.6. The van der Waals surface area contributed by atoms with Gasteiger partial charge < -0.3 is 34.8 Å². The zero-order valence-electron chi connectivity index (χ0n) is 40.4. The van der Waals surface area contributed by atoms with Gasteiger partial charge in [-0.2, -0.15) is 0 Å². The second-order valence-corrected chi connectivity index (χ2v) is 20.7. The predicted molar refractivity (Wildman–Crippen MR) is 276 cm³/mol. The molecule has 9 heterocycles. The molecule has 6 aromatic rings. The number of amides is 2. The minimum atomic E-state index is -0.828. The number of nitrogens with zero attached hydrogens (tertiary/aromatic N) is 11. The average molecular weight is 1120 g/mol. The van der Waals surface area contributed by atoms with Crippen molar-refractivity contribution in [1.29, 1.82) is 0 Å². The Morgan fingerprint density at radius 1 is 0.554 bits per heavy atom. The Hall–Kier alpha value is -6.73. The summed E-state index contributed by atoms with van der Waals surface area (Å²) < 4.78 is 48.9. The van der Waals surface area contributed by atoms with Crippen LogP contribution in [0.1, 0.15) is 70.3 Å². The molecule has 0 bridgehead atoms. The molecule has 3 aliphatic heterocycles. The van der Waals surface area contributed by atoms with E-state index in [4.69, 9.17) is 0 Å². The molecule has 0 spiro atoms. The summed E-state index contributed by atoms with van der Waals surface area (Å²) in [6, 6.07) is 21.6. The van der Waals surface area contributed by atoms with Gasteiger partial charge in [-0.15, -0.1) is 20.4 Å². The van der Waals surface area contributed by atoms with Gasteiger partial charge in [-0.25, -0.2) is 33.1 Å². The van der Waals surface area contributed by atoms with Crippen LogP contribution >= 0.6 is 38.6 Å². The average Bonchev–Trinajstić information content (AvgIpc) is 4.04. The van der Waals surface area contributed by atoms with Crippen molar-refractivity contribution in [2.24, 2.45) is 0 Å². The second kappa shape index (κ2) is 25.5. The van der Waals surface area contributed by atoms with Gasteiger partial charge in [0.25, 0.3) is 0 Å². The fourth-order valence-electron chi connectivity index (χ4n) is 8.24. The van der Waals surface area contributed by atoms with Crippen LogP contribution in [0.5, 0.6) is 0 Å². The number of carbonyl (C=O) groups is 4. The predicted octanol–water partition coefficient (Wildman–Crippen LogP) is 6.81. The van der Waals surface area contributed by atoms with Crippen LogP contribution in [-0.2, 0) is 54.3 Å². The molecule has 0 aromatic carbocycles. The highest BCUT2D eigenvalue weighted by molar-refractivity contribution is 9.10. The molecule has 19 nitrogen and oxygen atoms in total. The molecule has 390 valence electrons. The zero-order chi connectivity index (χ0) is 52.1. The second-order valence-electron chi connectivity index (χ2n) is 17.8. The molecular weight excluding hydrogens is 1070 g/mol. The van der Waals surface area contributed by atoms with Crippen LogP contribution in [0.25, 0.3) is 0 Å². The van der Waals surface area contributed by atoms with Gasteiger partial charge in [-0.3, -0.25) is 19.2 Å². The van der Waals surface area contributed by atoms with E-state index in [-0.39, 0.29) is 61.3 Å². The van der Waals surface area contributed by atoms with Gasteiger partial charge in [0, 0.05) is 11.8 Å². The first-order valence-electron chi connectivity index (χ1n) is 23.8. The molecule has 4 aliphatic rings. The number of methoxy groups -OCH3 is 2. The Balaban J connectivity index is 0.000000211. The van der Waals surface area contributed by atoms with Crippen LogP contribution < -0.4 is 25.3 Å². The van der Waals surface area contributed by atoms with Crippen LogP contribution in [0.3, 0.4) is 0 Å². The Morgan fingerprint density at radius 2 is 0.919 bits per heavy atom. The Labute approximate surface area is 440 Å². The molecule has 2 amide bonds. The number of hydrogen-bond donors (Lipinski definition) is 2. The monoisotopic (exact) mass is 1120 g/mol. The molecule has 74 heavy (non-hydrogen) atoms. The summed E-state index contributed by atoms with van der Waals surface area (Å²) in [5.41, 5.74) is 2.56. The standard InChI is InChI=1S/C30H32F2N10O2S2.C11H13FN2O2.C8H8BrNO2/c31-19-13-41(14-19)23-8-2-6-21(33-23)11-25(43)35-29-39-37-27(45-29)17-4-1-5-18(10-17)28-38-40-30(46-28)36-26(44)12-22-7-3-9-24(34-22)42-15-20(32)16-42;1-16-11(15)5-9-3-2-4-10(13-9)14-6-8(12)7-14;1-12-8(11)5-6-3-2-4-7(9)10-6/h2-3,6-9,17-20H,1,4-5,10-16H2,(H,35,39,43)(H,36,40,44);2-4,8H,5-7H2,1H3;2-4H,5H2,1H3/t17-,18-;;/m0../s1. The van der Waals surface area contributed by atoms with E-state index in [0.717, 1.165) is 46.1 Å². The number of carbonyl (C=O) groups excluding carboxylic acids is 4. The number of ether oxygens (including phenoxy) is 2. The van der Waals surface area contributed by atoms with Gasteiger partial charge in [-0.05, 0) is 83.7 Å². The van der Waals surface area contributed by atoms with E-state index in [2.05, 4.69) is 76.4 Å². The summed E-state index contributed by atoms with van der Waals surface area (Å²) in [5, 5.41) is 25.5. The lowest BCUT2D eigenvalue weighted by molar-refractivity contribution is -0.140. The lowest BCUT2D eigenvalue weighted by atomic mass is 9.82. The third kappa shape index (κ3) is 15.2. The molecule has 1 saturated carbocycles. The number of rotatable bonds is 15. The van der Waals surface area contributed by atoms with Crippen molar-refractivity contribution in [3.8, 4) is 0 Å². The van der Waals surface area contributed by atoms with Gasteiger partial charge in [0.1, 0.15) is 50.6 Å². The molecule has 0 radical (unpaired) electrons. The molecule has 25 heteroatoms. The molecular formula is C49H53BrF3N13O6S2. The van der Waals surface area contributed by atoms with Gasteiger partial charge in [-0.1, -0.05) is 53.4 Å². The van der Waals surface area contributed by atoms with Crippen molar-refractivity contribution in [3.63, 3.8) is 0 Å². The van der Waals surface area contributed by atoms with E-state index in [9.17, 15) is 32.3 Å². The van der Waals surface area contributed by atoms with Crippen molar-refractivity contribution in [2.45, 2.75) is 81.7 Å². The van der Waals surface area contributed by atoms with Gasteiger partial charge >= 0.3 is 11.9 Å². The summed E-state index contributed by atoms with van der Waals surface area (Å²) in [5.74, 6) is 1.35. The fraction of sp³-hybridized carbons (Fsp3) is 0.429. The van der Waals surface area contributed by atoms with Crippen molar-refractivity contribution >= 4 is 90.1 Å². The highest BCUT2D eigenvalue weighted by atomic mass is 79.9.